The summed E-state index contributed by atoms with van der Waals surface area (Å²) in [5, 5.41) is 5.70. The van der Waals surface area contributed by atoms with Crippen molar-refractivity contribution in [1.29, 1.82) is 0 Å². The monoisotopic (exact) mass is 322 g/mol. The number of hydrogen-bond donors (Lipinski definition) is 2. The highest BCUT2D eigenvalue weighted by molar-refractivity contribution is 8.01. The standard InChI is InChI=1S/C17H26N2O2S/c1-12(2)10-15(20)18-13-6-8-14(9-7-13)19-16(21)11-22-17(3,4)5/h6-9,12H,10-11H2,1-5H3,(H,18,20)(H,19,21). The molecule has 0 bridgehead atoms. The highest BCUT2D eigenvalue weighted by Crippen LogP contribution is 2.23. The summed E-state index contributed by atoms with van der Waals surface area (Å²) in [6, 6.07) is 7.19. The molecular weight excluding hydrogens is 296 g/mol. The predicted octanol–water partition coefficient (Wildman–Crippen LogP) is 4.14. The summed E-state index contributed by atoms with van der Waals surface area (Å²) in [5.41, 5.74) is 1.48. The van der Waals surface area contributed by atoms with E-state index in [2.05, 4.69) is 31.4 Å². The summed E-state index contributed by atoms with van der Waals surface area (Å²) in [7, 11) is 0. The van der Waals surface area contributed by atoms with Crippen molar-refractivity contribution in [3.63, 3.8) is 0 Å². The first kappa shape index (κ1) is 18.6. The van der Waals surface area contributed by atoms with E-state index in [9.17, 15) is 9.59 Å². The second-order valence-electron chi connectivity index (χ2n) is 6.67. The first-order valence-corrected chi connectivity index (χ1v) is 8.48. The summed E-state index contributed by atoms with van der Waals surface area (Å²) in [6.07, 6.45) is 0.502. The Bertz CT molecular complexity index is 504. The normalized spacial score (nSPS) is 11.4. The van der Waals surface area contributed by atoms with Crippen LogP contribution in [0.25, 0.3) is 0 Å². The number of amides is 2. The van der Waals surface area contributed by atoms with Crippen LogP contribution in [0.2, 0.25) is 0 Å². The average molecular weight is 322 g/mol. The van der Waals surface area contributed by atoms with E-state index in [1.807, 2.05) is 13.8 Å². The first-order valence-electron chi connectivity index (χ1n) is 7.49. The summed E-state index contributed by atoms with van der Waals surface area (Å²) in [4.78, 5) is 23.5. The molecule has 0 fully saturated rings. The van der Waals surface area contributed by atoms with Crippen LogP contribution in [-0.2, 0) is 9.59 Å². The SMILES string of the molecule is CC(C)CC(=O)Nc1ccc(NC(=O)CSC(C)(C)C)cc1. The highest BCUT2D eigenvalue weighted by atomic mass is 32.2. The quantitative estimate of drug-likeness (QED) is 0.827. The fraction of sp³-hybridized carbons (Fsp3) is 0.529. The minimum Gasteiger partial charge on any atom is -0.326 e. The second-order valence-corrected chi connectivity index (χ2v) is 8.47. The van der Waals surface area contributed by atoms with Gasteiger partial charge < -0.3 is 10.6 Å². The summed E-state index contributed by atoms with van der Waals surface area (Å²) in [6.45, 7) is 10.3. The Morgan fingerprint density at radius 3 is 1.86 bits per heavy atom. The molecule has 0 aliphatic heterocycles. The fourth-order valence-electron chi connectivity index (χ4n) is 1.70. The maximum absolute atomic E-state index is 11.8. The van der Waals surface area contributed by atoms with Gasteiger partial charge in [0.25, 0.3) is 0 Å². The molecule has 0 saturated heterocycles. The highest BCUT2D eigenvalue weighted by Gasteiger charge is 2.13. The molecule has 2 amide bonds. The Kier molecular flexibility index (Phi) is 6.94. The van der Waals surface area contributed by atoms with Crippen molar-refractivity contribution in [2.75, 3.05) is 16.4 Å². The van der Waals surface area contributed by atoms with Crippen LogP contribution < -0.4 is 10.6 Å². The molecule has 0 aliphatic carbocycles. The third-order valence-electron chi connectivity index (χ3n) is 2.68. The number of carbonyl (C=O) groups excluding carboxylic acids is 2. The van der Waals surface area contributed by atoms with Gasteiger partial charge in [0.2, 0.25) is 11.8 Å². The molecule has 0 spiro atoms. The third kappa shape index (κ3) is 8.08. The molecule has 4 nitrogen and oxygen atoms in total. The molecule has 1 aromatic rings. The Morgan fingerprint density at radius 1 is 1.00 bits per heavy atom. The van der Waals surface area contributed by atoms with E-state index in [0.29, 0.717) is 18.1 Å². The number of carbonyl (C=O) groups is 2. The molecule has 1 rings (SSSR count). The van der Waals surface area contributed by atoms with Crippen molar-refractivity contribution in [1.82, 2.24) is 0 Å². The van der Waals surface area contributed by atoms with E-state index in [-0.39, 0.29) is 16.6 Å². The first-order chi connectivity index (χ1) is 10.2. The van der Waals surface area contributed by atoms with Crippen molar-refractivity contribution in [3.05, 3.63) is 24.3 Å². The summed E-state index contributed by atoms with van der Waals surface area (Å²) in [5.74, 6) is 0.750. The zero-order valence-electron chi connectivity index (χ0n) is 14.0. The maximum Gasteiger partial charge on any atom is 0.234 e. The van der Waals surface area contributed by atoms with Gasteiger partial charge in [-0.15, -0.1) is 11.8 Å². The molecule has 0 atom stereocenters. The molecule has 2 N–H and O–H groups in total. The zero-order valence-corrected chi connectivity index (χ0v) is 14.8. The third-order valence-corrected chi connectivity index (χ3v) is 3.95. The molecular formula is C17H26N2O2S. The van der Waals surface area contributed by atoms with E-state index in [4.69, 9.17) is 0 Å². The summed E-state index contributed by atoms with van der Waals surface area (Å²) >= 11 is 1.61. The van der Waals surface area contributed by atoms with Crippen LogP contribution in [-0.4, -0.2) is 22.3 Å². The molecule has 0 heterocycles. The Hall–Kier alpha value is -1.49. The molecule has 1 aromatic carbocycles. The molecule has 0 unspecified atom stereocenters. The number of thioether (sulfide) groups is 1. The lowest BCUT2D eigenvalue weighted by molar-refractivity contribution is -0.117. The number of anilines is 2. The fourth-order valence-corrected chi connectivity index (χ4v) is 2.34. The van der Waals surface area contributed by atoms with Gasteiger partial charge in [0.1, 0.15) is 0 Å². The molecule has 0 aliphatic rings. The van der Waals surface area contributed by atoms with Crippen molar-refractivity contribution < 1.29 is 9.59 Å². The van der Waals surface area contributed by atoms with Gasteiger partial charge in [0.05, 0.1) is 5.75 Å². The lowest BCUT2D eigenvalue weighted by atomic mass is 10.1. The number of hydrogen-bond acceptors (Lipinski definition) is 3. The lowest BCUT2D eigenvalue weighted by Gasteiger charge is -2.17. The molecule has 0 radical (unpaired) electrons. The van der Waals surface area contributed by atoms with Gasteiger partial charge in [-0.2, -0.15) is 0 Å². The minimum atomic E-state index is -0.0171. The van der Waals surface area contributed by atoms with Crippen LogP contribution in [0.3, 0.4) is 0 Å². The van der Waals surface area contributed by atoms with Gasteiger partial charge in [0.15, 0.2) is 0 Å². The van der Waals surface area contributed by atoms with E-state index in [1.165, 1.54) is 0 Å². The Morgan fingerprint density at radius 2 is 1.45 bits per heavy atom. The predicted molar refractivity (Wildman–Crippen MR) is 95.4 cm³/mol. The van der Waals surface area contributed by atoms with E-state index in [1.54, 1.807) is 36.0 Å². The van der Waals surface area contributed by atoms with Crippen molar-refractivity contribution in [2.24, 2.45) is 5.92 Å². The second kappa shape index (κ2) is 8.22. The minimum absolute atomic E-state index is 0.00774. The largest absolute Gasteiger partial charge is 0.326 e. The van der Waals surface area contributed by atoms with Crippen molar-refractivity contribution >= 4 is 35.0 Å². The van der Waals surface area contributed by atoms with Gasteiger partial charge in [-0.3, -0.25) is 9.59 Å². The average Bonchev–Trinajstić information content (AvgIpc) is 2.37. The van der Waals surface area contributed by atoms with Gasteiger partial charge in [-0.05, 0) is 30.2 Å². The smallest absolute Gasteiger partial charge is 0.234 e. The van der Waals surface area contributed by atoms with Crippen molar-refractivity contribution in [2.45, 2.75) is 45.8 Å². The van der Waals surface area contributed by atoms with E-state index in [0.717, 1.165) is 11.4 Å². The Balaban J connectivity index is 2.48. The number of rotatable bonds is 6. The Labute approximate surface area is 137 Å². The molecule has 0 aromatic heterocycles. The van der Waals surface area contributed by atoms with Gasteiger partial charge in [-0.25, -0.2) is 0 Å². The number of nitrogens with one attached hydrogen (secondary N) is 2. The van der Waals surface area contributed by atoms with Gasteiger partial charge in [-0.1, -0.05) is 34.6 Å². The molecule has 122 valence electrons. The van der Waals surface area contributed by atoms with Crippen molar-refractivity contribution in [3.8, 4) is 0 Å². The molecule has 5 heteroatoms. The molecule has 22 heavy (non-hydrogen) atoms. The maximum atomic E-state index is 11.8. The van der Waals surface area contributed by atoms with Crippen LogP contribution in [0.1, 0.15) is 41.0 Å². The number of benzene rings is 1. The molecule has 0 saturated carbocycles. The van der Waals surface area contributed by atoms with Crippen LogP contribution in [0.4, 0.5) is 11.4 Å². The van der Waals surface area contributed by atoms with Crippen LogP contribution in [0, 0.1) is 5.92 Å². The zero-order chi connectivity index (χ0) is 16.8. The van der Waals surface area contributed by atoms with Gasteiger partial charge in [0, 0.05) is 22.5 Å². The topological polar surface area (TPSA) is 58.2 Å². The lowest BCUT2D eigenvalue weighted by Crippen LogP contribution is -2.19. The van der Waals surface area contributed by atoms with E-state index >= 15 is 0 Å². The summed E-state index contributed by atoms with van der Waals surface area (Å²) < 4.78 is 0.0713. The van der Waals surface area contributed by atoms with Crippen LogP contribution in [0.15, 0.2) is 24.3 Å². The van der Waals surface area contributed by atoms with Crippen LogP contribution >= 0.6 is 11.8 Å². The van der Waals surface area contributed by atoms with Gasteiger partial charge >= 0.3 is 0 Å². The van der Waals surface area contributed by atoms with Crippen LogP contribution in [0.5, 0.6) is 0 Å². The van der Waals surface area contributed by atoms with E-state index < -0.39 is 0 Å².